The van der Waals surface area contributed by atoms with E-state index in [2.05, 4.69) is 20.4 Å². The van der Waals surface area contributed by atoms with Gasteiger partial charge in [-0.3, -0.25) is 4.52 Å². The second-order valence-corrected chi connectivity index (χ2v) is 3.13. The van der Waals surface area contributed by atoms with Crippen molar-refractivity contribution in [2.24, 2.45) is 0 Å². The van der Waals surface area contributed by atoms with E-state index in [1.54, 1.807) is 0 Å². The fourth-order valence-corrected chi connectivity index (χ4v) is 0.554. The van der Waals surface area contributed by atoms with Gasteiger partial charge in [0.2, 0.25) is 6.79 Å². The van der Waals surface area contributed by atoms with Gasteiger partial charge in [-0.05, 0) is 0 Å². The van der Waals surface area contributed by atoms with Gasteiger partial charge in [-0.1, -0.05) is 6.58 Å². The molecule has 9 heteroatoms. The summed E-state index contributed by atoms with van der Waals surface area (Å²) in [4.78, 5) is 19.0. The number of phosphoric ester groups is 1. The molecule has 0 rings (SSSR count). The Hall–Kier alpha value is 1.32. The molecular formula is C5H11Na2O6P. The monoisotopic (exact) mass is 244 g/mol. The van der Waals surface area contributed by atoms with Crippen molar-refractivity contribution >= 4 is 13.8 Å². The molecule has 0 aliphatic rings. The minimum absolute atomic E-state index is 0. The van der Waals surface area contributed by atoms with Gasteiger partial charge in [-0.25, -0.2) is 13.9 Å². The minimum Gasteiger partial charge on any atom is -1.00 e. The van der Waals surface area contributed by atoms with E-state index in [4.69, 9.17) is 4.89 Å². The number of carbonyl (C=O) groups excluding carboxylic acids is 1. The summed E-state index contributed by atoms with van der Waals surface area (Å²) in [5.41, 5.74) is 0. The Kier molecular flexibility index (Phi) is 16.0. The molecule has 0 saturated heterocycles. The Morgan fingerprint density at radius 1 is 1.64 bits per heavy atom. The maximum atomic E-state index is 10.5. The molecule has 0 saturated carbocycles. The first-order chi connectivity index (χ1) is 5.52. The largest absolute Gasteiger partial charge is 1.00 e. The second-order valence-electron chi connectivity index (χ2n) is 1.57. The van der Waals surface area contributed by atoms with E-state index < -0.39 is 20.6 Å². The van der Waals surface area contributed by atoms with Crippen LogP contribution in [0.25, 0.3) is 0 Å². The first-order valence-corrected chi connectivity index (χ1v) is 4.33. The van der Waals surface area contributed by atoms with E-state index in [1.165, 1.54) is 0 Å². The quantitative estimate of drug-likeness (QED) is 0.171. The molecule has 1 N–H and O–H groups in total. The smallest absolute Gasteiger partial charge is 1.00 e. The van der Waals surface area contributed by atoms with Crippen LogP contribution in [0.1, 0.15) is 2.85 Å². The van der Waals surface area contributed by atoms with Crippen LogP contribution in [-0.4, -0.2) is 24.8 Å². The normalized spacial score (nSPS) is 12.7. The summed E-state index contributed by atoms with van der Waals surface area (Å²) < 4.78 is 23.0. The van der Waals surface area contributed by atoms with Gasteiger partial charge < -0.3 is 12.5 Å². The van der Waals surface area contributed by atoms with Crippen molar-refractivity contribution in [2.45, 2.75) is 0 Å². The predicted octanol–water partition coefficient (Wildman–Crippen LogP) is -5.33. The molecule has 0 aromatic heterocycles. The number of carbonyl (C=O) groups is 1. The van der Waals surface area contributed by atoms with Crippen LogP contribution in [0, 0.1) is 0 Å². The summed E-state index contributed by atoms with van der Waals surface area (Å²) in [5, 5.41) is 0. The molecule has 0 fully saturated rings. The van der Waals surface area contributed by atoms with Crippen molar-refractivity contribution in [1.82, 2.24) is 0 Å². The first-order valence-electron chi connectivity index (χ1n) is 2.84. The number of esters is 1. The zero-order chi connectivity index (χ0) is 9.61. The Morgan fingerprint density at radius 3 is 2.50 bits per heavy atom. The second kappa shape index (κ2) is 10.8. The average Bonchev–Trinajstić information content (AvgIpc) is 2.04. The summed E-state index contributed by atoms with van der Waals surface area (Å²) in [5.74, 6) is -0.744. The fraction of sp³-hybridized carbons (Fsp3) is 0.400. The third kappa shape index (κ3) is 11.4. The summed E-state index contributed by atoms with van der Waals surface area (Å²) in [6, 6.07) is 0. The van der Waals surface area contributed by atoms with Crippen molar-refractivity contribution in [3.05, 3.63) is 12.7 Å². The van der Waals surface area contributed by atoms with E-state index in [0.29, 0.717) is 0 Å². The molecule has 1 unspecified atom stereocenters. The molecule has 0 aromatic carbocycles. The van der Waals surface area contributed by atoms with Crippen molar-refractivity contribution in [1.29, 1.82) is 0 Å². The van der Waals surface area contributed by atoms with E-state index in [9.17, 15) is 9.36 Å². The third-order valence-corrected chi connectivity index (χ3v) is 1.71. The molecule has 14 heavy (non-hydrogen) atoms. The van der Waals surface area contributed by atoms with Gasteiger partial charge in [0.25, 0.3) is 0 Å². The molecule has 0 bridgehead atoms. The number of hydrogen-bond acceptors (Lipinski definition) is 5. The molecule has 0 aliphatic heterocycles. The first kappa shape index (κ1) is 20.7. The molecule has 74 valence electrons. The van der Waals surface area contributed by atoms with Crippen molar-refractivity contribution in [3.8, 4) is 0 Å². The van der Waals surface area contributed by atoms with E-state index >= 15 is 0 Å². The van der Waals surface area contributed by atoms with Crippen LogP contribution in [-0.2, 0) is 23.1 Å². The Morgan fingerprint density at radius 2 is 2.14 bits per heavy atom. The number of hydrogen-bond donors (Lipinski definition) is 1. The minimum atomic E-state index is -4.05. The standard InChI is InChI=1S/C5H9O6P.2Na.2H/c1-3-5(6)10-4-11-12(7,8)9-2;;;;/h3H,1,4H2,2H3,(H,7,8);;;;/q;2*+1;2*-1. The molecular weight excluding hydrogens is 233 g/mol. The number of rotatable bonds is 5. The SMILES string of the molecule is C=CC(=O)OCOP(=O)(O)OC.[H-].[H-].[Na+].[Na+]. The summed E-state index contributed by atoms with van der Waals surface area (Å²) in [7, 11) is -3.06. The zero-order valence-corrected chi connectivity index (χ0v) is 13.3. The molecule has 0 amide bonds. The number of phosphoric acid groups is 1. The van der Waals surface area contributed by atoms with Gasteiger partial charge in [0.05, 0.1) is 0 Å². The van der Waals surface area contributed by atoms with Crippen LogP contribution in [0.3, 0.4) is 0 Å². The maximum absolute atomic E-state index is 10.5. The van der Waals surface area contributed by atoms with Crippen LogP contribution >= 0.6 is 7.82 Å². The van der Waals surface area contributed by atoms with Crippen LogP contribution < -0.4 is 59.1 Å². The van der Waals surface area contributed by atoms with Crippen molar-refractivity contribution in [3.63, 3.8) is 0 Å². The van der Waals surface area contributed by atoms with Gasteiger partial charge in [0.1, 0.15) is 0 Å². The van der Waals surface area contributed by atoms with Crippen LogP contribution in [0.15, 0.2) is 12.7 Å². The molecule has 0 spiro atoms. The number of ether oxygens (including phenoxy) is 1. The van der Waals surface area contributed by atoms with E-state index in [0.717, 1.165) is 13.2 Å². The molecule has 0 heterocycles. The maximum Gasteiger partial charge on any atom is 1.00 e. The molecule has 0 aromatic rings. The third-order valence-electron chi connectivity index (χ3n) is 0.814. The Balaban J connectivity index is -0.000000101. The average molecular weight is 244 g/mol. The van der Waals surface area contributed by atoms with Crippen LogP contribution in [0.2, 0.25) is 0 Å². The van der Waals surface area contributed by atoms with Gasteiger partial charge in [-0.2, -0.15) is 0 Å². The predicted molar refractivity (Wildman–Crippen MR) is 41.3 cm³/mol. The summed E-state index contributed by atoms with van der Waals surface area (Å²) in [6.07, 6.45) is 0.901. The van der Waals surface area contributed by atoms with Gasteiger partial charge in [0, 0.05) is 13.2 Å². The van der Waals surface area contributed by atoms with Crippen LogP contribution in [0.4, 0.5) is 0 Å². The molecule has 0 aliphatic carbocycles. The van der Waals surface area contributed by atoms with E-state index in [1.807, 2.05) is 0 Å². The Bertz CT molecular complexity index is 229. The topological polar surface area (TPSA) is 82.1 Å². The van der Waals surface area contributed by atoms with Crippen LogP contribution in [0.5, 0.6) is 0 Å². The summed E-state index contributed by atoms with van der Waals surface area (Å²) >= 11 is 0. The van der Waals surface area contributed by atoms with Crippen molar-refractivity contribution < 1.29 is 90.0 Å². The van der Waals surface area contributed by atoms with Crippen molar-refractivity contribution in [2.75, 3.05) is 13.9 Å². The van der Waals surface area contributed by atoms with E-state index in [-0.39, 0.29) is 62.0 Å². The summed E-state index contributed by atoms with van der Waals surface area (Å²) in [6.45, 7) is 2.46. The van der Waals surface area contributed by atoms with Gasteiger partial charge in [-0.15, -0.1) is 0 Å². The Labute approximate surface area is 129 Å². The molecule has 0 radical (unpaired) electrons. The molecule has 1 atom stereocenters. The molecule has 6 nitrogen and oxygen atoms in total. The van der Waals surface area contributed by atoms with Gasteiger partial charge >= 0.3 is 72.9 Å². The van der Waals surface area contributed by atoms with Gasteiger partial charge in [0.15, 0.2) is 0 Å². The fourth-order valence-electron chi connectivity index (χ4n) is 0.263. The zero-order valence-electron chi connectivity index (χ0n) is 10.4.